The smallest absolute Gasteiger partial charge is 0.227 e. The number of benzene rings is 2. The molecule has 2 N–H and O–H groups in total. The van der Waals surface area contributed by atoms with Crippen LogP contribution in [0.1, 0.15) is 17.3 Å². The fraction of sp³-hybridized carbons (Fsp3) is 0.0952. The fourth-order valence-corrected chi connectivity index (χ4v) is 2.81. The molecule has 0 aliphatic carbocycles. The highest BCUT2D eigenvalue weighted by Gasteiger charge is 2.29. The van der Waals surface area contributed by atoms with E-state index >= 15 is 0 Å². The number of rotatable bonds is 2. The molecule has 1 aliphatic rings. The quantitative estimate of drug-likeness (QED) is 0.718. The van der Waals surface area contributed by atoms with E-state index in [9.17, 15) is 0 Å². The molecule has 3 aromatic rings. The van der Waals surface area contributed by atoms with Crippen LogP contribution in [0.2, 0.25) is 0 Å². The summed E-state index contributed by atoms with van der Waals surface area (Å²) in [6.45, 7) is 0. The predicted molar refractivity (Wildman–Crippen MR) is 102 cm³/mol. The third-order valence-electron chi connectivity index (χ3n) is 4.15. The van der Waals surface area contributed by atoms with Crippen LogP contribution in [0.3, 0.4) is 0 Å². The zero-order valence-electron chi connectivity index (χ0n) is 14.2. The molecule has 5 heteroatoms. The topological polar surface area (TPSA) is 64.0 Å². The van der Waals surface area contributed by atoms with Gasteiger partial charge in [-0.1, -0.05) is 24.1 Å². The van der Waals surface area contributed by atoms with E-state index in [1.165, 1.54) is 0 Å². The highest BCUT2D eigenvalue weighted by molar-refractivity contribution is 6.12. The van der Waals surface area contributed by atoms with E-state index in [4.69, 9.17) is 14.9 Å². The summed E-state index contributed by atoms with van der Waals surface area (Å²) in [5.74, 6) is 8.08. The first-order chi connectivity index (χ1) is 12.8. The minimum atomic E-state index is -0.435. The maximum absolute atomic E-state index is 6.48. The molecule has 0 saturated heterocycles. The van der Waals surface area contributed by atoms with Crippen LogP contribution < -0.4 is 15.4 Å². The molecule has 2 heterocycles. The molecular weight excluding hydrogens is 326 g/mol. The lowest BCUT2D eigenvalue weighted by Crippen LogP contribution is -2.40. The molecule has 0 amide bonds. The molecule has 0 bridgehead atoms. The van der Waals surface area contributed by atoms with Crippen LogP contribution >= 0.6 is 0 Å². The lowest BCUT2D eigenvalue weighted by Gasteiger charge is -2.32. The lowest BCUT2D eigenvalue weighted by molar-refractivity contribution is 0.415. The third-order valence-corrected chi connectivity index (χ3v) is 4.15. The van der Waals surface area contributed by atoms with Crippen LogP contribution in [0.5, 0.6) is 5.75 Å². The number of ether oxygens (including phenoxy) is 1. The molecule has 1 aromatic heterocycles. The van der Waals surface area contributed by atoms with Gasteiger partial charge >= 0.3 is 0 Å². The summed E-state index contributed by atoms with van der Waals surface area (Å²) >= 11 is 0. The average Bonchev–Trinajstić information content (AvgIpc) is 3.16. The van der Waals surface area contributed by atoms with Gasteiger partial charge in [-0.2, -0.15) is 4.99 Å². The highest BCUT2D eigenvalue weighted by Crippen LogP contribution is 2.36. The van der Waals surface area contributed by atoms with E-state index in [-0.39, 0.29) is 0 Å². The van der Waals surface area contributed by atoms with Crippen molar-refractivity contribution in [2.75, 3.05) is 12.0 Å². The second-order valence-corrected chi connectivity index (χ2v) is 5.75. The van der Waals surface area contributed by atoms with Gasteiger partial charge in [0.15, 0.2) is 5.84 Å². The van der Waals surface area contributed by atoms with Crippen LogP contribution in [0.4, 0.5) is 11.6 Å². The number of nitrogens with zero attached hydrogens (tertiary/aromatic N) is 2. The number of methoxy groups -OCH3 is 1. The van der Waals surface area contributed by atoms with Gasteiger partial charge in [-0.15, -0.1) is 0 Å². The lowest BCUT2D eigenvalue weighted by atomic mass is 10.1. The molecule has 1 unspecified atom stereocenters. The molecule has 0 spiro atoms. The van der Waals surface area contributed by atoms with Crippen LogP contribution in [0, 0.1) is 11.8 Å². The van der Waals surface area contributed by atoms with E-state index in [1.807, 2.05) is 65.6 Å². The van der Waals surface area contributed by atoms with Crippen molar-refractivity contribution in [2.45, 2.75) is 6.17 Å². The van der Waals surface area contributed by atoms with Crippen molar-refractivity contribution in [3.05, 3.63) is 78.1 Å². The average molecular weight is 343 g/mol. The first-order valence-electron chi connectivity index (χ1n) is 8.18. The van der Waals surface area contributed by atoms with Crippen molar-refractivity contribution in [1.29, 1.82) is 0 Å². The Kier molecular flexibility index (Phi) is 4.18. The SMILES string of the molecule is COc1ccc(N2C(C#Cc3ccccc3)=Nc3occc3C2N)cc1. The normalized spacial score (nSPS) is 15.5. The Balaban J connectivity index is 1.77. The van der Waals surface area contributed by atoms with Crippen molar-refractivity contribution >= 4 is 17.4 Å². The van der Waals surface area contributed by atoms with E-state index in [0.29, 0.717) is 11.7 Å². The summed E-state index contributed by atoms with van der Waals surface area (Å²) in [6, 6.07) is 19.2. The van der Waals surface area contributed by atoms with Crippen LogP contribution in [-0.4, -0.2) is 12.9 Å². The van der Waals surface area contributed by atoms with Gasteiger partial charge in [0.05, 0.1) is 18.9 Å². The minimum absolute atomic E-state index is 0.435. The largest absolute Gasteiger partial charge is 0.497 e. The van der Waals surface area contributed by atoms with Gasteiger partial charge in [0.2, 0.25) is 5.88 Å². The number of anilines is 1. The number of hydrogen-bond acceptors (Lipinski definition) is 5. The molecule has 2 aromatic carbocycles. The minimum Gasteiger partial charge on any atom is -0.497 e. The Morgan fingerprint density at radius 1 is 1.04 bits per heavy atom. The second kappa shape index (κ2) is 6.79. The summed E-state index contributed by atoms with van der Waals surface area (Å²) in [4.78, 5) is 6.46. The number of aliphatic imine (C=N–C) groups is 1. The molecule has 0 saturated carbocycles. The molecular formula is C21H17N3O2. The van der Waals surface area contributed by atoms with Crippen molar-refractivity contribution in [1.82, 2.24) is 0 Å². The first kappa shape index (κ1) is 16.0. The van der Waals surface area contributed by atoms with Crippen molar-refractivity contribution in [3.8, 4) is 17.6 Å². The van der Waals surface area contributed by atoms with Gasteiger partial charge in [-0.25, -0.2) is 0 Å². The zero-order chi connectivity index (χ0) is 17.9. The van der Waals surface area contributed by atoms with Crippen LogP contribution in [-0.2, 0) is 0 Å². The number of amidine groups is 1. The number of furan rings is 1. The molecule has 0 radical (unpaired) electrons. The molecule has 26 heavy (non-hydrogen) atoms. The summed E-state index contributed by atoms with van der Waals surface area (Å²) in [7, 11) is 1.64. The van der Waals surface area contributed by atoms with Gasteiger partial charge in [0.25, 0.3) is 0 Å². The highest BCUT2D eigenvalue weighted by atomic mass is 16.5. The van der Waals surface area contributed by atoms with E-state index in [1.54, 1.807) is 13.4 Å². The Morgan fingerprint density at radius 3 is 2.54 bits per heavy atom. The summed E-state index contributed by atoms with van der Waals surface area (Å²) < 4.78 is 10.7. The van der Waals surface area contributed by atoms with E-state index < -0.39 is 6.17 Å². The Hall–Kier alpha value is -3.49. The standard InChI is InChI=1S/C21H17N3O2/c1-25-17-10-8-16(9-11-17)24-19(12-7-15-5-3-2-4-6-15)23-21-18(20(24)22)13-14-26-21/h2-6,8-11,13-14,20H,22H2,1H3. The number of fused-ring (bicyclic) bond motifs is 1. The molecule has 5 nitrogen and oxygen atoms in total. The number of hydrogen-bond donors (Lipinski definition) is 1. The summed E-state index contributed by atoms with van der Waals surface area (Å²) in [6.07, 6.45) is 1.16. The molecule has 4 rings (SSSR count). The van der Waals surface area contributed by atoms with Gasteiger partial charge in [-0.3, -0.25) is 4.90 Å². The third kappa shape index (κ3) is 2.94. The van der Waals surface area contributed by atoms with Crippen LogP contribution in [0.25, 0.3) is 0 Å². The van der Waals surface area contributed by atoms with Gasteiger partial charge in [-0.05, 0) is 48.4 Å². The van der Waals surface area contributed by atoms with Crippen LogP contribution in [0.15, 0.2) is 76.3 Å². The second-order valence-electron chi connectivity index (χ2n) is 5.75. The summed E-state index contributed by atoms with van der Waals surface area (Å²) in [5.41, 5.74) is 9.10. The van der Waals surface area contributed by atoms with E-state index in [2.05, 4.69) is 16.8 Å². The van der Waals surface area contributed by atoms with Crippen molar-refractivity contribution in [3.63, 3.8) is 0 Å². The molecule has 1 aliphatic heterocycles. The number of nitrogens with two attached hydrogens (primary N) is 1. The van der Waals surface area contributed by atoms with Gasteiger partial charge in [0.1, 0.15) is 11.9 Å². The van der Waals surface area contributed by atoms with Gasteiger partial charge in [0, 0.05) is 11.3 Å². The van der Waals surface area contributed by atoms with E-state index in [0.717, 1.165) is 22.6 Å². The maximum atomic E-state index is 6.48. The zero-order valence-corrected chi connectivity index (χ0v) is 14.2. The first-order valence-corrected chi connectivity index (χ1v) is 8.18. The molecule has 0 fully saturated rings. The van der Waals surface area contributed by atoms with Gasteiger partial charge < -0.3 is 14.9 Å². The van der Waals surface area contributed by atoms with Crippen molar-refractivity contribution in [2.24, 2.45) is 10.7 Å². The fourth-order valence-electron chi connectivity index (χ4n) is 2.81. The Labute approximate surface area is 151 Å². The molecule has 128 valence electrons. The Bertz CT molecular complexity index is 995. The predicted octanol–water partition coefficient (Wildman–Crippen LogP) is 3.85. The molecule has 1 atom stereocenters. The Morgan fingerprint density at radius 2 is 1.81 bits per heavy atom. The van der Waals surface area contributed by atoms with Crippen molar-refractivity contribution < 1.29 is 9.15 Å². The maximum Gasteiger partial charge on any atom is 0.227 e. The monoisotopic (exact) mass is 343 g/mol. The summed E-state index contributed by atoms with van der Waals surface area (Å²) in [5, 5.41) is 0.